The fourth-order valence-corrected chi connectivity index (χ4v) is 3.30. The number of hydrogen-bond donors (Lipinski definition) is 1. The summed E-state index contributed by atoms with van der Waals surface area (Å²) in [5, 5.41) is 3.59. The molecular formula is C21H27NO5. The van der Waals surface area contributed by atoms with E-state index < -0.39 is 5.63 Å². The number of amides is 1. The molecule has 1 atom stereocenters. The third-order valence-corrected chi connectivity index (χ3v) is 4.98. The summed E-state index contributed by atoms with van der Waals surface area (Å²) in [6, 6.07) is 3.33. The molecule has 0 spiro atoms. The summed E-state index contributed by atoms with van der Waals surface area (Å²) >= 11 is 0. The van der Waals surface area contributed by atoms with Gasteiger partial charge in [-0.15, -0.1) is 0 Å². The minimum Gasteiger partial charge on any atom is -0.487 e. The van der Waals surface area contributed by atoms with Gasteiger partial charge in [0, 0.05) is 23.7 Å². The van der Waals surface area contributed by atoms with Crippen LogP contribution in [0.3, 0.4) is 0 Å². The maximum Gasteiger partial charge on any atom is 0.336 e. The quantitative estimate of drug-likeness (QED) is 0.812. The van der Waals surface area contributed by atoms with Crippen molar-refractivity contribution < 1.29 is 18.7 Å². The first-order valence-corrected chi connectivity index (χ1v) is 9.41. The first-order valence-electron chi connectivity index (χ1n) is 9.41. The number of carbonyl (C=O) groups excluding carboxylic acids is 1. The third kappa shape index (κ3) is 4.10. The first kappa shape index (κ1) is 19.3. The lowest BCUT2D eigenvalue weighted by atomic mass is 9.92. The van der Waals surface area contributed by atoms with Crippen molar-refractivity contribution >= 4 is 16.9 Å². The highest BCUT2D eigenvalue weighted by Crippen LogP contribution is 2.42. The summed E-state index contributed by atoms with van der Waals surface area (Å²) in [6.45, 7) is 9.72. The Bertz CT molecular complexity index is 928. The van der Waals surface area contributed by atoms with E-state index >= 15 is 0 Å². The van der Waals surface area contributed by atoms with Gasteiger partial charge in [-0.25, -0.2) is 4.79 Å². The maximum atomic E-state index is 12.1. The topological polar surface area (TPSA) is 77.8 Å². The zero-order chi connectivity index (χ0) is 19.8. The second kappa shape index (κ2) is 7.25. The zero-order valence-corrected chi connectivity index (χ0v) is 16.6. The van der Waals surface area contributed by atoms with Gasteiger partial charge in [0.15, 0.2) is 6.61 Å². The third-order valence-electron chi connectivity index (χ3n) is 4.98. The molecule has 146 valence electrons. The molecule has 0 saturated carbocycles. The Morgan fingerprint density at radius 1 is 1.37 bits per heavy atom. The highest BCUT2D eigenvalue weighted by Gasteiger charge is 2.30. The number of ether oxygens (including phenoxy) is 2. The molecule has 3 rings (SSSR count). The number of hydrogen-bond acceptors (Lipinski definition) is 5. The van der Waals surface area contributed by atoms with Crippen LogP contribution in [0.4, 0.5) is 0 Å². The summed E-state index contributed by atoms with van der Waals surface area (Å²) in [6.07, 6.45) is 2.42. The Labute approximate surface area is 158 Å². The normalized spacial score (nSPS) is 16.3. The van der Waals surface area contributed by atoms with Crippen LogP contribution >= 0.6 is 0 Å². The monoisotopic (exact) mass is 373 g/mol. The molecular weight excluding hydrogens is 346 g/mol. The lowest BCUT2D eigenvalue weighted by molar-refractivity contribution is -0.123. The molecule has 1 aromatic heterocycles. The molecule has 0 fully saturated rings. The molecule has 1 aliphatic rings. The molecule has 1 aliphatic heterocycles. The van der Waals surface area contributed by atoms with Crippen LogP contribution in [0.5, 0.6) is 11.5 Å². The van der Waals surface area contributed by atoms with E-state index in [0.717, 1.165) is 30.4 Å². The van der Waals surface area contributed by atoms with Crippen molar-refractivity contribution in [2.75, 3.05) is 6.61 Å². The summed E-state index contributed by atoms with van der Waals surface area (Å²) in [5.74, 6) is 0.943. The first-order chi connectivity index (χ1) is 12.7. The summed E-state index contributed by atoms with van der Waals surface area (Å²) < 4.78 is 17.4. The standard InChI is InChI=1S/C21H27NO5/c1-6-13(3)22-17(23)11-25-16-10-15-14(7-8-21(4,5)27-15)20-19(16)12(2)9-18(24)26-20/h9-10,13H,6-8,11H2,1-5H3,(H,22,23). The van der Waals surface area contributed by atoms with Crippen LogP contribution in [0.25, 0.3) is 11.0 Å². The van der Waals surface area contributed by atoms with Gasteiger partial charge in [0.25, 0.3) is 5.91 Å². The predicted molar refractivity (Wildman–Crippen MR) is 104 cm³/mol. The van der Waals surface area contributed by atoms with Gasteiger partial charge in [-0.05, 0) is 52.5 Å². The van der Waals surface area contributed by atoms with E-state index in [1.807, 2.05) is 40.7 Å². The van der Waals surface area contributed by atoms with Crippen LogP contribution in [0.1, 0.15) is 51.7 Å². The second-order valence-corrected chi connectivity index (χ2v) is 7.83. The Hall–Kier alpha value is -2.50. The van der Waals surface area contributed by atoms with Crippen LogP contribution in [-0.4, -0.2) is 24.2 Å². The Kier molecular flexibility index (Phi) is 5.18. The molecule has 6 nitrogen and oxygen atoms in total. The zero-order valence-electron chi connectivity index (χ0n) is 16.6. The summed E-state index contributed by atoms with van der Waals surface area (Å²) in [5.41, 5.74) is 1.41. The van der Waals surface area contributed by atoms with Crippen LogP contribution in [-0.2, 0) is 11.2 Å². The highest BCUT2D eigenvalue weighted by molar-refractivity contribution is 5.91. The van der Waals surface area contributed by atoms with E-state index in [1.54, 1.807) is 0 Å². The van der Waals surface area contributed by atoms with Crippen molar-refractivity contribution in [3.05, 3.63) is 33.7 Å². The van der Waals surface area contributed by atoms with E-state index in [1.165, 1.54) is 6.07 Å². The molecule has 1 N–H and O–H groups in total. The molecule has 2 aromatic rings. The van der Waals surface area contributed by atoms with Gasteiger partial charge in [0.2, 0.25) is 0 Å². The number of carbonyl (C=O) groups is 1. The fourth-order valence-electron chi connectivity index (χ4n) is 3.30. The SMILES string of the molecule is CCC(C)NC(=O)COc1cc2c(c3oc(=O)cc(C)c13)CCC(C)(C)O2. The number of rotatable bonds is 5. The lowest BCUT2D eigenvalue weighted by Crippen LogP contribution is -2.35. The van der Waals surface area contributed by atoms with Gasteiger partial charge >= 0.3 is 5.63 Å². The average molecular weight is 373 g/mol. The lowest BCUT2D eigenvalue weighted by Gasteiger charge is -2.33. The molecule has 0 radical (unpaired) electrons. The predicted octanol–water partition coefficient (Wildman–Crippen LogP) is 3.50. The van der Waals surface area contributed by atoms with Gasteiger partial charge in [-0.1, -0.05) is 6.92 Å². The second-order valence-electron chi connectivity index (χ2n) is 7.83. The van der Waals surface area contributed by atoms with Crippen molar-refractivity contribution in [2.45, 2.75) is 65.5 Å². The van der Waals surface area contributed by atoms with Gasteiger partial charge < -0.3 is 19.2 Å². The molecule has 1 amide bonds. The van der Waals surface area contributed by atoms with E-state index in [-0.39, 0.29) is 24.2 Å². The van der Waals surface area contributed by atoms with Crippen LogP contribution in [0, 0.1) is 6.92 Å². The Balaban J connectivity index is 2.01. The molecule has 0 aliphatic carbocycles. The van der Waals surface area contributed by atoms with Crippen LogP contribution in [0.15, 0.2) is 21.3 Å². The molecule has 1 unspecified atom stereocenters. The number of nitrogens with one attached hydrogen (secondary N) is 1. The molecule has 27 heavy (non-hydrogen) atoms. The van der Waals surface area contributed by atoms with Gasteiger partial charge in [-0.3, -0.25) is 4.79 Å². The molecule has 2 heterocycles. The van der Waals surface area contributed by atoms with Gasteiger partial charge in [-0.2, -0.15) is 0 Å². The van der Waals surface area contributed by atoms with Crippen LogP contribution < -0.4 is 20.4 Å². The smallest absolute Gasteiger partial charge is 0.336 e. The minimum absolute atomic E-state index is 0.0882. The van der Waals surface area contributed by atoms with Crippen molar-refractivity contribution in [1.82, 2.24) is 5.32 Å². The Morgan fingerprint density at radius 3 is 2.81 bits per heavy atom. The average Bonchev–Trinajstić information content (AvgIpc) is 2.57. The van der Waals surface area contributed by atoms with Gasteiger partial charge in [0.05, 0.1) is 5.39 Å². The van der Waals surface area contributed by atoms with E-state index in [9.17, 15) is 9.59 Å². The fraction of sp³-hybridized carbons (Fsp3) is 0.524. The summed E-state index contributed by atoms with van der Waals surface area (Å²) in [7, 11) is 0. The molecule has 1 aromatic carbocycles. The van der Waals surface area contributed by atoms with Crippen molar-refractivity contribution in [1.29, 1.82) is 0 Å². The minimum atomic E-state index is -0.404. The van der Waals surface area contributed by atoms with Crippen LogP contribution in [0.2, 0.25) is 0 Å². The maximum absolute atomic E-state index is 12.1. The molecule has 0 bridgehead atoms. The summed E-state index contributed by atoms with van der Waals surface area (Å²) in [4.78, 5) is 24.0. The van der Waals surface area contributed by atoms with E-state index in [2.05, 4.69) is 5.32 Å². The largest absolute Gasteiger partial charge is 0.487 e. The van der Waals surface area contributed by atoms with Crippen molar-refractivity contribution in [3.8, 4) is 11.5 Å². The van der Waals surface area contributed by atoms with Gasteiger partial charge in [0.1, 0.15) is 22.7 Å². The van der Waals surface area contributed by atoms with E-state index in [4.69, 9.17) is 13.9 Å². The molecule has 0 saturated heterocycles. The van der Waals surface area contributed by atoms with Crippen molar-refractivity contribution in [2.24, 2.45) is 0 Å². The Morgan fingerprint density at radius 2 is 2.11 bits per heavy atom. The van der Waals surface area contributed by atoms with E-state index in [0.29, 0.717) is 22.5 Å². The number of fused-ring (bicyclic) bond motifs is 3. The number of aryl methyl sites for hydroxylation is 2. The van der Waals surface area contributed by atoms with Crippen molar-refractivity contribution in [3.63, 3.8) is 0 Å². The molecule has 6 heteroatoms. The highest BCUT2D eigenvalue weighted by atomic mass is 16.5. The number of benzene rings is 1.